The Bertz CT molecular complexity index is 310. The van der Waals surface area contributed by atoms with E-state index in [1.54, 1.807) is 0 Å². The molecule has 8 nitrogen and oxygen atoms in total. The van der Waals surface area contributed by atoms with Gasteiger partial charge in [0.1, 0.15) is 5.92 Å². The van der Waals surface area contributed by atoms with Gasteiger partial charge in [-0.15, -0.1) is 0 Å². The second-order valence-corrected chi connectivity index (χ2v) is 4.61. The van der Waals surface area contributed by atoms with Crippen LogP contribution in [0.3, 0.4) is 0 Å². The van der Waals surface area contributed by atoms with E-state index in [-0.39, 0.29) is 5.76 Å². The third-order valence-electron chi connectivity index (χ3n) is 1.42. The van der Waals surface area contributed by atoms with Crippen molar-refractivity contribution < 1.29 is 37.5 Å². The molecule has 0 spiro atoms. The lowest BCUT2D eigenvalue weighted by Gasteiger charge is -2.14. The summed E-state index contributed by atoms with van der Waals surface area (Å²) >= 11 is 0. The highest BCUT2D eigenvalue weighted by atomic mass is 31.1. The van der Waals surface area contributed by atoms with Gasteiger partial charge in [-0.2, -0.15) is 0 Å². The number of ether oxygens (including phenoxy) is 1. The fourth-order valence-corrected chi connectivity index (χ4v) is 1.47. The normalized spacial score (nSPS) is 15.9. The highest BCUT2D eigenvalue weighted by Crippen LogP contribution is 2.21. The molecule has 0 aromatic heterocycles. The lowest BCUT2D eigenvalue weighted by Crippen LogP contribution is -2.25. The summed E-state index contributed by atoms with van der Waals surface area (Å²) in [6.45, 7) is 3.87. The third-order valence-corrected chi connectivity index (χ3v) is 2.25. The van der Waals surface area contributed by atoms with Crippen molar-refractivity contribution in [2.45, 2.75) is 6.92 Å². The number of hydrogen-bond donors (Lipinski definition) is 2. The molecular formula is C7H14O8P2. The van der Waals surface area contributed by atoms with Crippen molar-refractivity contribution in [3.05, 3.63) is 12.3 Å². The first-order chi connectivity index (χ1) is 7.82. The van der Waals surface area contributed by atoms with Gasteiger partial charge >= 0.3 is 22.5 Å². The Morgan fingerprint density at radius 2 is 1.65 bits per heavy atom. The molecule has 0 aromatic rings. The summed E-state index contributed by atoms with van der Waals surface area (Å²) in [5.74, 6) is -1.77. The van der Waals surface area contributed by atoms with E-state index >= 15 is 0 Å². The predicted molar refractivity (Wildman–Crippen MR) is 58.7 cm³/mol. The molecule has 0 bridgehead atoms. The minimum atomic E-state index is -3.20. The highest BCUT2D eigenvalue weighted by molar-refractivity contribution is 7.32. The van der Waals surface area contributed by atoms with Gasteiger partial charge in [-0.1, -0.05) is 6.58 Å². The van der Waals surface area contributed by atoms with Crippen LogP contribution in [0.5, 0.6) is 0 Å². The van der Waals surface area contributed by atoms with E-state index in [1.165, 1.54) is 6.92 Å². The van der Waals surface area contributed by atoms with Gasteiger partial charge in [0.15, 0.2) is 0 Å². The molecule has 0 aromatic carbocycles. The molecule has 0 aliphatic rings. The standard InChI is InChI=1S/C7H14O8P2/c1-5(2)15-7(8)6(3-13-16(9)10)4-14-17(11)12/h6,16-17H,1,3-4H2,2H3,(H,9,10)(H,11,12). The fourth-order valence-electron chi connectivity index (χ4n) is 0.783. The smallest absolute Gasteiger partial charge is 0.318 e. The molecule has 0 fully saturated rings. The molecule has 2 unspecified atom stereocenters. The van der Waals surface area contributed by atoms with Gasteiger partial charge in [0, 0.05) is 0 Å². The SMILES string of the molecule is C=C(C)OC(=O)C(CO[PH](=O)O)CO[PH](=O)O. The maximum Gasteiger partial charge on any atom is 0.318 e. The van der Waals surface area contributed by atoms with E-state index in [1.807, 2.05) is 0 Å². The molecular weight excluding hydrogens is 274 g/mol. The first-order valence-corrected chi connectivity index (χ1v) is 6.94. The summed E-state index contributed by atoms with van der Waals surface area (Å²) in [4.78, 5) is 28.3. The highest BCUT2D eigenvalue weighted by Gasteiger charge is 2.22. The van der Waals surface area contributed by atoms with Gasteiger partial charge in [-0.3, -0.25) is 13.9 Å². The Balaban J connectivity index is 4.36. The molecule has 0 saturated heterocycles. The van der Waals surface area contributed by atoms with Crippen LogP contribution in [0.15, 0.2) is 12.3 Å². The van der Waals surface area contributed by atoms with E-state index in [0.717, 1.165) is 0 Å². The van der Waals surface area contributed by atoms with E-state index in [2.05, 4.69) is 20.4 Å². The molecule has 2 N–H and O–H groups in total. The van der Waals surface area contributed by atoms with Crippen LogP contribution in [0.1, 0.15) is 6.92 Å². The Hall–Kier alpha value is -0.490. The summed E-state index contributed by atoms with van der Waals surface area (Å²) in [6, 6.07) is 0. The second-order valence-electron chi connectivity index (χ2n) is 2.97. The van der Waals surface area contributed by atoms with Gasteiger partial charge in [-0.05, 0) is 6.92 Å². The topological polar surface area (TPSA) is 119 Å². The Kier molecular flexibility index (Phi) is 8.33. The van der Waals surface area contributed by atoms with Gasteiger partial charge < -0.3 is 23.6 Å². The molecule has 0 heterocycles. The fraction of sp³-hybridized carbons (Fsp3) is 0.571. The average molecular weight is 288 g/mol. The minimum Gasteiger partial charge on any atom is -0.432 e. The zero-order valence-electron chi connectivity index (χ0n) is 9.04. The second kappa shape index (κ2) is 8.58. The minimum absolute atomic E-state index is 0.119. The van der Waals surface area contributed by atoms with Gasteiger partial charge in [0.2, 0.25) is 0 Å². The number of carbonyl (C=O) groups is 1. The lowest BCUT2D eigenvalue weighted by atomic mass is 10.2. The largest absolute Gasteiger partial charge is 0.432 e. The van der Waals surface area contributed by atoms with Crippen molar-refractivity contribution in [3.63, 3.8) is 0 Å². The Morgan fingerprint density at radius 3 is 1.94 bits per heavy atom. The van der Waals surface area contributed by atoms with Crippen LogP contribution >= 0.6 is 16.5 Å². The van der Waals surface area contributed by atoms with Crippen LogP contribution in [0.2, 0.25) is 0 Å². The van der Waals surface area contributed by atoms with Crippen molar-refractivity contribution in [1.82, 2.24) is 0 Å². The van der Waals surface area contributed by atoms with E-state index < -0.39 is 41.6 Å². The summed E-state index contributed by atoms with van der Waals surface area (Å²) in [7, 11) is -6.39. The van der Waals surface area contributed by atoms with E-state index in [0.29, 0.717) is 0 Å². The van der Waals surface area contributed by atoms with Crippen molar-refractivity contribution in [2.75, 3.05) is 13.2 Å². The van der Waals surface area contributed by atoms with Crippen LogP contribution in [0.25, 0.3) is 0 Å². The predicted octanol–water partition coefficient (Wildman–Crippen LogP) is 0.477. The number of allylic oxidation sites excluding steroid dienone is 1. The van der Waals surface area contributed by atoms with Crippen LogP contribution in [0, 0.1) is 5.92 Å². The Morgan fingerprint density at radius 1 is 1.24 bits per heavy atom. The van der Waals surface area contributed by atoms with Gasteiger partial charge in [-0.25, -0.2) is 0 Å². The van der Waals surface area contributed by atoms with Crippen LogP contribution in [-0.2, 0) is 27.7 Å². The Labute approximate surface area is 99.1 Å². The van der Waals surface area contributed by atoms with Crippen molar-refractivity contribution in [1.29, 1.82) is 0 Å². The maximum atomic E-state index is 11.4. The molecule has 0 aliphatic heterocycles. The molecule has 0 radical (unpaired) electrons. The summed E-state index contributed by atoms with van der Waals surface area (Å²) in [5.41, 5.74) is 0. The monoisotopic (exact) mass is 288 g/mol. The molecule has 0 rings (SSSR count). The molecule has 10 heteroatoms. The molecule has 2 atom stereocenters. The van der Waals surface area contributed by atoms with E-state index in [4.69, 9.17) is 9.79 Å². The molecule has 0 saturated carbocycles. The van der Waals surface area contributed by atoms with E-state index in [9.17, 15) is 13.9 Å². The van der Waals surface area contributed by atoms with Gasteiger partial charge in [0.25, 0.3) is 0 Å². The summed E-state index contributed by atoms with van der Waals surface area (Å²) in [5, 5.41) is 0. The molecule has 17 heavy (non-hydrogen) atoms. The maximum absolute atomic E-state index is 11.4. The molecule has 100 valence electrons. The van der Waals surface area contributed by atoms with Crippen LogP contribution in [-0.4, -0.2) is 29.0 Å². The van der Waals surface area contributed by atoms with Crippen molar-refractivity contribution in [3.8, 4) is 0 Å². The number of rotatable bonds is 8. The zero-order valence-corrected chi connectivity index (χ0v) is 11.0. The van der Waals surface area contributed by atoms with Crippen molar-refractivity contribution in [2.24, 2.45) is 5.92 Å². The lowest BCUT2D eigenvalue weighted by molar-refractivity contribution is -0.146. The summed E-state index contributed by atoms with van der Waals surface area (Å²) < 4.78 is 34.0. The third kappa shape index (κ3) is 9.23. The molecule has 0 aliphatic carbocycles. The zero-order chi connectivity index (χ0) is 13.4. The van der Waals surface area contributed by atoms with Gasteiger partial charge in [0.05, 0.1) is 19.0 Å². The first kappa shape index (κ1) is 16.5. The number of esters is 1. The summed E-state index contributed by atoms with van der Waals surface area (Å²) in [6.07, 6.45) is 0. The number of hydrogen-bond acceptors (Lipinski definition) is 6. The number of carbonyl (C=O) groups excluding carboxylic acids is 1. The first-order valence-electron chi connectivity index (χ1n) is 4.41. The van der Waals surface area contributed by atoms with Crippen molar-refractivity contribution >= 4 is 22.5 Å². The van der Waals surface area contributed by atoms with Crippen LogP contribution in [0.4, 0.5) is 0 Å². The molecule has 0 amide bonds. The van der Waals surface area contributed by atoms with Crippen LogP contribution < -0.4 is 0 Å². The quantitative estimate of drug-likeness (QED) is 0.376. The average Bonchev–Trinajstić information content (AvgIpc) is 2.15.